The van der Waals surface area contributed by atoms with E-state index in [0.717, 1.165) is 0 Å². The highest BCUT2D eigenvalue weighted by molar-refractivity contribution is 7.89. The Balaban J connectivity index is 2.26. The van der Waals surface area contributed by atoms with Gasteiger partial charge < -0.3 is 9.67 Å². The molecule has 1 heterocycles. The average Bonchev–Trinajstić information content (AvgIpc) is 2.70. The SMILES string of the molecule is NS(=O)(=O)CCCn1cnc2c(C(=O)O)cccc21. The molecule has 1 aromatic heterocycles. The summed E-state index contributed by atoms with van der Waals surface area (Å²) in [5.74, 6) is -1.16. The predicted molar refractivity (Wildman–Crippen MR) is 69.3 cm³/mol. The molecule has 0 fully saturated rings. The first kappa shape index (κ1) is 13.5. The van der Waals surface area contributed by atoms with Gasteiger partial charge in [0.15, 0.2) is 0 Å². The first-order valence-corrected chi connectivity index (χ1v) is 7.27. The van der Waals surface area contributed by atoms with E-state index in [2.05, 4.69) is 4.98 Å². The van der Waals surface area contributed by atoms with Crippen LogP contribution in [-0.4, -0.2) is 34.8 Å². The third-order valence-electron chi connectivity index (χ3n) is 2.71. The van der Waals surface area contributed by atoms with E-state index < -0.39 is 16.0 Å². The van der Waals surface area contributed by atoms with Gasteiger partial charge >= 0.3 is 5.97 Å². The highest BCUT2D eigenvalue weighted by Crippen LogP contribution is 2.17. The van der Waals surface area contributed by atoms with E-state index in [4.69, 9.17) is 10.2 Å². The zero-order chi connectivity index (χ0) is 14.0. The molecule has 102 valence electrons. The van der Waals surface area contributed by atoms with Crippen LogP contribution in [0, 0.1) is 0 Å². The number of nitrogens with zero attached hydrogens (tertiary/aromatic N) is 2. The maximum Gasteiger partial charge on any atom is 0.337 e. The summed E-state index contributed by atoms with van der Waals surface area (Å²) in [5, 5.41) is 14.0. The van der Waals surface area contributed by atoms with E-state index in [1.54, 1.807) is 16.7 Å². The van der Waals surface area contributed by atoms with Crippen molar-refractivity contribution in [2.75, 3.05) is 5.75 Å². The van der Waals surface area contributed by atoms with Crippen molar-refractivity contribution in [1.82, 2.24) is 9.55 Å². The summed E-state index contributed by atoms with van der Waals surface area (Å²) in [6.07, 6.45) is 1.85. The lowest BCUT2D eigenvalue weighted by Crippen LogP contribution is -2.17. The van der Waals surface area contributed by atoms with Gasteiger partial charge in [-0.25, -0.2) is 23.3 Å². The van der Waals surface area contributed by atoms with E-state index >= 15 is 0 Å². The number of sulfonamides is 1. The summed E-state index contributed by atoms with van der Waals surface area (Å²) < 4.78 is 23.4. The Kier molecular flexibility index (Phi) is 3.54. The largest absolute Gasteiger partial charge is 0.478 e. The molecule has 0 bridgehead atoms. The van der Waals surface area contributed by atoms with Crippen LogP contribution in [0.3, 0.4) is 0 Å². The van der Waals surface area contributed by atoms with E-state index in [1.807, 2.05) is 0 Å². The quantitative estimate of drug-likeness (QED) is 0.824. The van der Waals surface area contributed by atoms with Crippen molar-refractivity contribution in [2.45, 2.75) is 13.0 Å². The second-order valence-electron chi connectivity index (χ2n) is 4.14. The van der Waals surface area contributed by atoms with Crippen molar-refractivity contribution < 1.29 is 18.3 Å². The number of carboxylic acids is 1. The van der Waals surface area contributed by atoms with Crippen molar-refractivity contribution in [2.24, 2.45) is 5.14 Å². The number of carbonyl (C=O) groups is 1. The van der Waals surface area contributed by atoms with Gasteiger partial charge in [0.2, 0.25) is 10.0 Å². The maximum atomic E-state index is 11.0. The van der Waals surface area contributed by atoms with Crippen molar-refractivity contribution in [3.05, 3.63) is 30.1 Å². The Morgan fingerprint density at radius 1 is 1.42 bits per heavy atom. The van der Waals surface area contributed by atoms with Crippen LogP contribution < -0.4 is 5.14 Å². The summed E-state index contributed by atoms with van der Waals surface area (Å²) in [6, 6.07) is 4.85. The second kappa shape index (κ2) is 4.98. The van der Waals surface area contributed by atoms with Crippen molar-refractivity contribution in [1.29, 1.82) is 0 Å². The van der Waals surface area contributed by atoms with Crippen LogP contribution in [0.5, 0.6) is 0 Å². The molecule has 2 aromatic rings. The molecule has 2 rings (SSSR count). The minimum absolute atomic E-state index is 0.120. The molecule has 8 heteroatoms. The van der Waals surface area contributed by atoms with Crippen LogP contribution in [-0.2, 0) is 16.6 Å². The van der Waals surface area contributed by atoms with E-state index in [-0.39, 0.29) is 11.3 Å². The van der Waals surface area contributed by atoms with Gasteiger partial charge in [-0.05, 0) is 18.6 Å². The third kappa shape index (κ3) is 3.09. The van der Waals surface area contributed by atoms with Gasteiger partial charge in [0.1, 0.15) is 5.52 Å². The topological polar surface area (TPSA) is 115 Å². The molecule has 0 amide bonds. The standard InChI is InChI=1S/C11H13N3O4S/c12-19(17,18)6-2-5-14-7-13-10-8(11(15)16)3-1-4-9(10)14/h1,3-4,7H,2,5-6H2,(H,15,16)(H2,12,17,18). The smallest absolute Gasteiger partial charge is 0.337 e. The van der Waals surface area contributed by atoms with E-state index in [0.29, 0.717) is 24.0 Å². The number of fused-ring (bicyclic) bond motifs is 1. The molecule has 0 unspecified atom stereocenters. The molecular weight excluding hydrogens is 270 g/mol. The number of aromatic carboxylic acids is 1. The Bertz CT molecular complexity index is 721. The molecule has 0 spiro atoms. The van der Waals surface area contributed by atoms with Crippen LogP contribution >= 0.6 is 0 Å². The highest BCUT2D eigenvalue weighted by Gasteiger charge is 2.12. The maximum absolute atomic E-state index is 11.0. The molecule has 0 aliphatic heterocycles. The van der Waals surface area contributed by atoms with Gasteiger partial charge in [-0.3, -0.25) is 0 Å². The summed E-state index contributed by atoms with van der Waals surface area (Å²) in [6.45, 7) is 0.413. The molecule has 7 nitrogen and oxygen atoms in total. The number of imidazole rings is 1. The Labute approximate surface area is 109 Å². The first-order chi connectivity index (χ1) is 8.88. The van der Waals surface area contributed by atoms with Crippen LogP contribution in [0.15, 0.2) is 24.5 Å². The van der Waals surface area contributed by atoms with Gasteiger partial charge in [0.25, 0.3) is 0 Å². The normalized spacial score (nSPS) is 11.8. The summed E-state index contributed by atoms with van der Waals surface area (Å²) >= 11 is 0. The number of rotatable bonds is 5. The fourth-order valence-corrected chi connectivity index (χ4v) is 2.41. The van der Waals surface area contributed by atoms with Crippen LogP contribution in [0.1, 0.15) is 16.8 Å². The molecule has 0 saturated heterocycles. The molecule has 1 aromatic carbocycles. The van der Waals surface area contributed by atoms with Gasteiger partial charge in [-0.1, -0.05) is 6.07 Å². The first-order valence-electron chi connectivity index (χ1n) is 5.56. The lowest BCUT2D eigenvalue weighted by atomic mass is 10.2. The molecule has 0 saturated carbocycles. The number of nitrogens with two attached hydrogens (primary N) is 1. The van der Waals surface area contributed by atoms with E-state index in [1.165, 1.54) is 12.4 Å². The van der Waals surface area contributed by atoms with Crippen LogP contribution in [0.4, 0.5) is 0 Å². The summed E-state index contributed by atoms with van der Waals surface area (Å²) in [7, 11) is -3.48. The zero-order valence-corrected chi connectivity index (χ0v) is 10.8. The summed E-state index contributed by atoms with van der Waals surface area (Å²) in [5.41, 5.74) is 1.18. The molecule has 0 aliphatic carbocycles. The molecular formula is C11H13N3O4S. The number of hydrogen-bond acceptors (Lipinski definition) is 4. The third-order valence-corrected chi connectivity index (χ3v) is 3.57. The fourth-order valence-electron chi connectivity index (χ4n) is 1.88. The lowest BCUT2D eigenvalue weighted by molar-refractivity contribution is 0.0699. The Hall–Kier alpha value is -1.93. The van der Waals surface area contributed by atoms with Gasteiger partial charge in [-0.2, -0.15) is 0 Å². The number of benzene rings is 1. The highest BCUT2D eigenvalue weighted by atomic mass is 32.2. The summed E-state index contributed by atoms with van der Waals surface area (Å²) in [4.78, 5) is 15.1. The van der Waals surface area contributed by atoms with Gasteiger partial charge in [0, 0.05) is 6.54 Å². The molecule has 19 heavy (non-hydrogen) atoms. The monoisotopic (exact) mass is 283 g/mol. The fraction of sp³-hybridized carbons (Fsp3) is 0.273. The number of aromatic nitrogens is 2. The number of carboxylic acid groups (broad SMARTS) is 1. The van der Waals surface area contributed by atoms with Crippen molar-refractivity contribution in [3.8, 4) is 0 Å². The predicted octanol–water partition coefficient (Wildman–Crippen LogP) is 0.413. The minimum atomic E-state index is -3.48. The number of hydrogen-bond donors (Lipinski definition) is 2. The van der Waals surface area contributed by atoms with E-state index in [9.17, 15) is 13.2 Å². The Morgan fingerprint density at radius 2 is 2.16 bits per heavy atom. The number of aryl methyl sites for hydroxylation is 1. The number of para-hydroxylation sites is 1. The molecule has 0 radical (unpaired) electrons. The average molecular weight is 283 g/mol. The van der Waals surface area contributed by atoms with Gasteiger partial charge in [-0.15, -0.1) is 0 Å². The molecule has 0 atom stereocenters. The molecule has 0 aliphatic rings. The van der Waals surface area contributed by atoms with Crippen molar-refractivity contribution >= 4 is 27.0 Å². The van der Waals surface area contributed by atoms with Crippen LogP contribution in [0.25, 0.3) is 11.0 Å². The zero-order valence-electron chi connectivity index (χ0n) is 9.98. The Morgan fingerprint density at radius 3 is 2.79 bits per heavy atom. The minimum Gasteiger partial charge on any atom is -0.478 e. The van der Waals surface area contributed by atoms with Crippen LogP contribution in [0.2, 0.25) is 0 Å². The van der Waals surface area contributed by atoms with Gasteiger partial charge in [0.05, 0.1) is 23.2 Å². The molecule has 3 N–H and O–H groups in total. The lowest BCUT2D eigenvalue weighted by Gasteiger charge is -2.04. The number of primary sulfonamides is 1. The second-order valence-corrected chi connectivity index (χ2v) is 5.87. The van der Waals surface area contributed by atoms with Crippen molar-refractivity contribution in [3.63, 3.8) is 0 Å².